The molecular weight excluding hydrogens is 268 g/mol. The van der Waals surface area contributed by atoms with Gasteiger partial charge in [0.25, 0.3) is 5.56 Å². The fraction of sp³-hybridized carbons (Fsp3) is 0.583. The van der Waals surface area contributed by atoms with Crippen LogP contribution in [0.4, 0.5) is 0 Å². The molecule has 0 saturated carbocycles. The second kappa shape index (κ2) is 5.61. The molecule has 0 bridgehead atoms. The van der Waals surface area contributed by atoms with Crippen LogP contribution in [0, 0.1) is 12.3 Å². The highest BCUT2D eigenvalue weighted by Crippen LogP contribution is 2.16. The fourth-order valence-corrected chi connectivity index (χ4v) is 1.77. The Kier molecular flexibility index (Phi) is 4.57. The molecule has 1 aliphatic rings. The van der Waals surface area contributed by atoms with Crippen LogP contribution in [0.15, 0.2) is 20.8 Å². The zero-order chi connectivity index (χ0) is 13.3. The smallest absolute Gasteiger partial charge is 0.328 e. The molecule has 2 N–H and O–H groups in total. The highest BCUT2D eigenvalue weighted by atomic mass is 35.5. The Morgan fingerprint density at radius 1 is 1.42 bits per heavy atom. The maximum absolute atomic E-state index is 11.6. The summed E-state index contributed by atoms with van der Waals surface area (Å²) in [6, 6.07) is 0. The van der Waals surface area contributed by atoms with Gasteiger partial charge in [-0.15, -0.1) is 12.4 Å². The average molecular weight is 287 g/mol. The summed E-state index contributed by atoms with van der Waals surface area (Å²) < 4.78 is 1.46. The van der Waals surface area contributed by atoms with E-state index >= 15 is 0 Å². The van der Waals surface area contributed by atoms with Gasteiger partial charge in [0, 0.05) is 30.3 Å². The van der Waals surface area contributed by atoms with Crippen LogP contribution < -0.4 is 16.6 Å². The Labute approximate surface area is 117 Å². The Morgan fingerprint density at radius 3 is 2.68 bits per heavy atom. The number of nitrogens with one attached hydrogen (secondary N) is 2. The van der Waals surface area contributed by atoms with Crippen molar-refractivity contribution >= 4 is 18.2 Å². The predicted molar refractivity (Wildman–Crippen MR) is 77.4 cm³/mol. The van der Waals surface area contributed by atoms with Gasteiger partial charge in [-0.05, 0) is 6.92 Å². The molecule has 1 aromatic heterocycles. The lowest BCUT2D eigenvalue weighted by atomic mass is 9.92. The number of hydrogen-bond donors (Lipinski definition) is 2. The van der Waals surface area contributed by atoms with Crippen molar-refractivity contribution in [1.82, 2.24) is 14.9 Å². The number of aryl methyl sites for hydroxylation is 1. The normalized spacial score (nSPS) is 17.1. The summed E-state index contributed by atoms with van der Waals surface area (Å²) in [6.45, 7) is 7.89. The van der Waals surface area contributed by atoms with E-state index in [1.807, 2.05) is 0 Å². The van der Waals surface area contributed by atoms with Crippen molar-refractivity contribution < 1.29 is 0 Å². The molecule has 19 heavy (non-hydrogen) atoms. The maximum Gasteiger partial charge on any atom is 0.328 e. The van der Waals surface area contributed by atoms with E-state index in [4.69, 9.17) is 0 Å². The van der Waals surface area contributed by atoms with Gasteiger partial charge in [0.2, 0.25) is 0 Å². The second-order valence-corrected chi connectivity index (χ2v) is 5.48. The van der Waals surface area contributed by atoms with Crippen LogP contribution in [-0.2, 0) is 6.54 Å². The summed E-state index contributed by atoms with van der Waals surface area (Å²) in [5.74, 6) is 0.780. The third-order valence-electron chi connectivity index (χ3n) is 2.98. The molecule has 1 aromatic rings. The first-order chi connectivity index (χ1) is 8.37. The lowest BCUT2D eigenvalue weighted by molar-refractivity contribution is 0.359. The largest absolute Gasteiger partial charge is 0.372 e. The minimum atomic E-state index is -0.403. The van der Waals surface area contributed by atoms with Crippen LogP contribution in [-0.4, -0.2) is 28.5 Å². The quantitative estimate of drug-likeness (QED) is 0.820. The highest BCUT2D eigenvalue weighted by molar-refractivity contribution is 5.85. The summed E-state index contributed by atoms with van der Waals surface area (Å²) >= 11 is 0. The van der Waals surface area contributed by atoms with Crippen molar-refractivity contribution in [3.63, 3.8) is 0 Å². The van der Waals surface area contributed by atoms with E-state index < -0.39 is 5.69 Å². The second-order valence-electron chi connectivity index (χ2n) is 5.48. The Morgan fingerprint density at radius 2 is 2.11 bits per heavy atom. The van der Waals surface area contributed by atoms with E-state index in [0.717, 1.165) is 18.9 Å². The zero-order valence-corrected chi connectivity index (χ0v) is 12.1. The van der Waals surface area contributed by atoms with Gasteiger partial charge in [-0.1, -0.05) is 13.8 Å². The van der Waals surface area contributed by atoms with Crippen molar-refractivity contribution in [3.05, 3.63) is 32.6 Å². The van der Waals surface area contributed by atoms with Crippen LogP contribution in [0.5, 0.6) is 0 Å². The fourth-order valence-electron chi connectivity index (χ4n) is 1.77. The van der Waals surface area contributed by atoms with Crippen molar-refractivity contribution in [2.75, 3.05) is 13.1 Å². The Hall–Kier alpha value is -1.56. The number of amidine groups is 1. The van der Waals surface area contributed by atoms with Crippen molar-refractivity contribution in [1.29, 1.82) is 0 Å². The van der Waals surface area contributed by atoms with E-state index in [9.17, 15) is 9.59 Å². The molecule has 0 radical (unpaired) electrons. The first-order valence-corrected chi connectivity index (χ1v) is 5.95. The van der Waals surface area contributed by atoms with E-state index in [1.54, 1.807) is 13.1 Å². The number of hydrogen-bond acceptors (Lipinski definition) is 4. The minimum absolute atomic E-state index is 0. The van der Waals surface area contributed by atoms with E-state index in [2.05, 4.69) is 29.1 Å². The topological polar surface area (TPSA) is 79.2 Å². The maximum atomic E-state index is 11.6. The zero-order valence-electron chi connectivity index (χ0n) is 11.3. The van der Waals surface area contributed by atoms with Gasteiger partial charge in [0.1, 0.15) is 5.84 Å². The van der Waals surface area contributed by atoms with Crippen LogP contribution in [0.1, 0.15) is 19.4 Å². The highest BCUT2D eigenvalue weighted by Gasteiger charge is 2.22. The number of nitrogens with zero attached hydrogens (tertiary/aromatic N) is 2. The van der Waals surface area contributed by atoms with Crippen LogP contribution >= 0.6 is 12.4 Å². The molecule has 2 rings (SSSR count). The Balaban J connectivity index is 0.00000180. The van der Waals surface area contributed by atoms with Gasteiger partial charge in [-0.2, -0.15) is 0 Å². The molecule has 6 nitrogen and oxygen atoms in total. The summed E-state index contributed by atoms with van der Waals surface area (Å²) in [4.78, 5) is 29.6. The molecule has 2 heterocycles. The monoisotopic (exact) mass is 286 g/mol. The third kappa shape index (κ3) is 3.70. The minimum Gasteiger partial charge on any atom is -0.372 e. The van der Waals surface area contributed by atoms with Crippen LogP contribution in [0.3, 0.4) is 0 Å². The van der Waals surface area contributed by atoms with Crippen molar-refractivity contribution in [2.24, 2.45) is 10.4 Å². The number of rotatable bonds is 2. The van der Waals surface area contributed by atoms with Gasteiger partial charge < -0.3 is 5.32 Å². The van der Waals surface area contributed by atoms with Gasteiger partial charge in [-0.3, -0.25) is 19.3 Å². The average Bonchev–Trinajstić information content (AvgIpc) is 2.28. The summed E-state index contributed by atoms with van der Waals surface area (Å²) in [6.07, 6.45) is 1.56. The van der Waals surface area contributed by atoms with Crippen LogP contribution in [0.25, 0.3) is 0 Å². The van der Waals surface area contributed by atoms with E-state index in [-0.39, 0.29) is 23.4 Å². The molecule has 7 heteroatoms. The SMILES string of the molecule is Cc1cn(CC2=NCC(C)(C)CN2)c(=O)[nH]c1=O.Cl. The predicted octanol–water partition coefficient (Wildman–Crippen LogP) is 0.295. The molecule has 0 unspecified atom stereocenters. The number of aromatic amines is 1. The summed E-state index contributed by atoms with van der Waals surface area (Å²) in [5, 5.41) is 3.22. The summed E-state index contributed by atoms with van der Waals surface area (Å²) in [7, 11) is 0. The lowest BCUT2D eigenvalue weighted by Gasteiger charge is -2.29. The number of aromatic nitrogens is 2. The van der Waals surface area contributed by atoms with Gasteiger partial charge in [0.05, 0.1) is 6.54 Å². The Bertz CT molecular complexity index is 600. The standard InChI is InChI=1S/C12H18N4O2.ClH/c1-8-4-16(11(18)15-10(8)17)5-9-13-6-12(2,3)7-14-9;/h4H,5-7H2,1-3H3,(H,13,14)(H,15,17,18);1H. The van der Waals surface area contributed by atoms with Gasteiger partial charge in [-0.25, -0.2) is 4.79 Å². The van der Waals surface area contributed by atoms with Crippen molar-refractivity contribution in [3.8, 4) is 0 Å². The number of halogens is 1. The molecule has 0 spiro atoms. The molecule has 0 aliphatic carbocycles. The van der Waals surface area contributed by atoms with E-state index in [0.29, 0.717) is 12.1 Å². The molecule has 0 saturated heterocycles. The molecule has 0 fully saturated rings. The summed E-state index contributed by atoms with van der Waals surface area (Å²) in [5.41, 5.74) is -0.0720. The first-order valence-electron chi connectivity index (χ1n) is 5.95. The van der Waals surface area contributed by atoms with Crippen molar-refractivity contribution in [2.45, 2.75) is 27.3 Å². The molecule has 106 valence electrons. The molecule has 0 aromatic carbocycles. The molecule has 1 aliphatic heterocycles. The number of aliphatic imine (C=N–C) groups is 1. The van der Waals surface area contributed by atoms with Gasteiger partial charge >= 0.3 is 5.69 Å². The van der Waals surface area contributed by atoms with Gasteiger partial charge in [0.15, 0.2) is 0 Å². The number of H-pyrrole nitrogens is 1. The van der Waals surface area contributed by atoms with Crippen LogP contribution in [0.2, 0.25) is 0 Å². The third-order valence-corrected chi connectivity index (χ3v) is 2.98. The first kappa shape index (κ1) is 15.5. The molecular formula is C12H19ClN4O2. The van der Waals surface area contributed by atoms with E-state index in [1.165, 1.54) is 4.57 Å². The lowest BCUT2D eigenvalue weighted by Crippen LogP contribution is -2.44. The molecule has 0 amide bonds. The molecule has 0 atom stereocenters.